The van der Waals surface area contributed by atoms with Crippen LogP contribution in [-0.2, 0) is 11.2 Å². The van der Waals surface area contributed by atoms with Crippen LogP contribution in [0.5, 0.6) is 0 Å². The Morgan fingerprint density at radius 1 is 0.878 bits per heavy atom. The van der Waals surface area contributed by atoms with Gasteiger partial charge in [-0.1, -0.05) is 54.1 Å². The number of rotatable bonds is 9. The molecule has 1 aliphatic carbocycles. The molecule has 1 saturated carbocycles. The Balaban J connectivity index is 1.26. The summed E-state index contributed by atoms with van der Waals surface area (Å²) in [5, 5.41) is 0.800. The van der Waals surface area contributed by atoms with Gasteiger partial charge in [-0.15, -0.1) is 0 Å². The van der Waals surface area contributed by atoms with Crippen molar-refractivity contribution >= 4 is 17.5 Å². The second-order valence-electron chi connectivity index (χ2n) is 12.4. The largest absolute Gasteiger partial charge is 0.423 e. The number of ether oxygens (including phenoxy) is 1. The van der Waals surface area contributed by atoms with Crippen LogP contribution in [0.1, 0.15) is 73.3 Å². The summed E-state index contributed by atoms with van der Waals surface area (Å²) in [6, 6.07) is 19.8. The molecule has 7 heteroatoms. The van der Waals surface area contributed by atoms with Crippen LogP contribution in [0.3, 0.4) is 0 Å². The Hall–Kier alpha value is -2.38. The van der Waals surface area contributed by atoms with Crippen molar-refractivity contribution in [2.75, 3.05) is 58.4 Å². The highest BCUT2D eigenvalue weighted by Gasteiger charge is 2.39. The number of hydrogen-bond acceptors (Lipinski definition) is 6. The number of aromatic nitrogens is 1. The Morgan fingerprint density at radius 3 is 2.20 bits per heavy atom. The van der Waals surface area contributed by atoms with Crippen LogP contribution in [0, 0.1) is 11.8 Å². The summed E-state index contributed by atoms with van der Waals surface area (Å²) in [6.07, 6.45) is 8.02. The highest BCUT2D eigenvalue weighted by molar-refractivity contribution is 6.30. The Kier molecular flexibility index (Phi) is 9.31. The molecule has 0 spiro atoms. The van der Waals surface area contributed by atoms with E-state index in [9.17, 15) is 0 Å². The molecule has 2 atom stereocenters. The monoisotopic (exact) mass is 576 g/mol. The molecular weight excluding hydrogens is 532 g/mol. The number of hydrogen-bond donors (Lipinski definition) is 0. The Labute approximate surface area is 250 Å². The topological polar surface area (TPSA) is 45.0 Å². The minimum absolute atomic E-state index is 0.194. The summed E-state index contributed by atoms with van der Waals surface area (Å²) < 4.78 is 12.6. The van der Waals surface area contributed by atoms with Gasteiger partial charge >= 0.3 is 0 Å². The van der Waals surface area contributed by atoms with Crippen LogP contribution >= 0.6 is 11.6 Å². The quantitative estimate of drug-likeness (QED) is 0.273. The van der Waals surface area contributed by atoms with E-state index in [4.69, 9.17) is 25.7 Å². The highest BCUT2D eigenvalue weighted by atomic mass is 35.5. The van der Waals surface area contributed by atoms with Gasteiger partial charge in [0.1, 0.15) is 5.69 Å². The predicted octanol–water partition coefficient (Wildman–Crippen LogP) is 7.00. The van der Waals surface area contributed by atoms with E-state index in [-0.39, 0.29) is 6.04 Å². The van der Waals surface area contributed by atoms with E-state index in [0.717, 1.165) is 68.3 Å². The van der Waals surface area contributed by atoms with E-state index in [2.05, 4.69) is 71.3 Å². The Morgan fingerprint density at radius 2 is 1.54 bits per heavy atom. The van der Waals surface area contributed by atoms with E-state index in [1.807, 2.05) is 12.1 Å². The summed E-state index contributed by atoms with van der Waals surface area (Å²) in [4.78, 5) is 12.7. The third-order valence-electron chi connectivity index (χ3n) is 9.47. The summed E-state index contributed by atoms with van der Waals surface area (Å²) in [6.45, 7) is 5.54. The maximum absolute atomic E-state index is 6.84. The second-order valence-corrected chi connectivity index (χ2v) is 12.8. The fourth-order valence-electron chi connectivity index (χ4n) is 7.50. The molecule has 0 bridgehead atoms. The Bertz CT molecular complexity index is 1230. The van der Waals surface area contributed by atoms with Crippen molar-refractivity contribution in [1.82, 2.24) is 14.8 Å². The van der Waals surface area contributed by atoms with E-state index >= 15 is 0 Å². The lowest BCUT2D eigenvalue weighted by Crippen LogP contribution is -2.43. The summed E-state index contributed by atoms with van der Waals surface area (Å²) in [5.74, 6) is 3.06. The minimum atomic E-state index is 0.194. The molecule has 2 aliphatic heterocycles. The fourth-order valence-corrected chi connectivity index (χ4v) is 7.63. The molecule has 2 saturated heterocycles. The zero-order valence-corrected chi connectivity index (χ0v) is 25.4. The van der Waals surface area contributed by atoms with Gasteiger partial charge in [0.05, 0.1) is 19.3 Å². The van der Waals surface area contributed by atoms with Gasteiger partial charge in [0.2, 0.25) is 11.8 Å². The molecule has 2 aromatic carbocycles. The molecule has 6 nitrogen and oxygen atoms in total. The zero-order chi connectivity index (χ0) is 28.2. The lowest BCUT2D eigenvalue weighted by molar-refractivity contribution is -0.0151. The first-order chi connectivity index (χ1) is 20.1. The minimum Gasteiger partial charge on any atom is -0.423 e. The first-order valence-corrected chi connectivity index (χ1v) is 16.0. The van der Waals surface area contributed by atoms with Gasteiger partial charge in [-0.05, 0) is 87.7 Å². The third-order valence-corrected chi connectivity index (χ3v) is 9.72. The van der Waals surface area contributed by atoms with Crippen LogP contribution in [0.4, 0.5) is 5.88 Å². The van der Waals surface area contributed by atoms with Crippen molar-refractivity contribution in [3.63, 3.8) is 0 Å². The van der Waals surface area contributed by atoms with Gasteiger partial charge in [0, 0.05) is 43.7 Å². The van der Waals surface area contributed by atoms with Crippen LogP contribution in [-0.4, -0.2) is 68.3 Å². The van der Waals surface area contributed by atoms with Gasteiger partial charge in [0.15, 0.2) is 0 Å². The first-order valence-electron chi connectivity index (χ1n) is 15.6. The number of benzene rings is 2. The molecule has 0 radical (unpaired) electrons. The molecule has 3 aliphatic rings. The van der Waals surface area contributed by atoms with Crippen molar-refractivity contribution in [3.05, 3.63) is 82.3 Å². The first kappa shape index (κ1) is 28.7. The number of morpholine rings is 1. The molecule has 0 amide bonds. The van der Waals surface area contributed by atoms with Crippen molar-refractivity contribution in [3.8, 4) is 0 Å². The maximum Gasteiger partial charge on any atom is 0.219 e. The van der Waals surface area contributed by atoms with Gasteiger partial charge in [0.25, 0.3) is 0 Å². The van der Waals surface area contributed by atoms with Crippen molar-refractivity contribution in [2.45, 2.75) is 57.0 Å². The van der Waals surface area contributed by atoms with E-state index < -0.39 is 0 Å². The average Bonchev–Trinajstić information content (AvgIpc) is 3.67. The van der Waals surface area contributed by atoms with Gasteiger partial charge in [-0.3, -0.25) is 4.90 Å². The molecule has 3 heterocycles. The van der Waals surface area contributed by atoms with E-state index in [1.165, 1.54) is 49.7 Å². The molecule has 3 fully saturated rings. The highest BCUT2D eigenvalue weighted by Crippen LogP contribution is 2.46. The number of nitrogens with zero attached hydrogens (tertiary/aromatic N) is 4. The zero-order valence-electron chi connectivity index (χ0n) is 24.7. The normalized spacial score (nSPS) is 23.7. The van der Waals surface area contributed by atoms with Crippen LogP contribution in [0.15, 0.2) is 59.0 Å². The molecule has 220 valence electrons. The van der Waals surface area contributed by atoms with Crippen molar-refractivity contribution < 1.29 is 9.15 Å². The lowest BCUT2D eigenvalue weighted by Gasteiger charge is -2.42. The van der Waals surface area contributed by atoms with Gasteiger partial charge < -0.3 is 19.0 Å². The molecule has 2 unspecified atom stereocenters. The average molecular weight is 577 g/mol. The van der Waals surface area contributed by atoms with Crippen LogP contribution in [0.2, 0.25) is 5.02 Å². The lowest BCUT2D eigenvalue weighted by atomic mass is 9.73. The number of anilines is 1. The number of oxazole rings is 1. The maximum atomic E-state index is 6.84. The fraction of sp³-hybridized carbons (Fsp3) is 0.559. The molecule has 3 aromatic rings. The molecular formula is C34H45ClN4O2. The molecule has 0 N–H and O–H groups in total. The molecule has 41 heavy (non-hydrogen) atoms. The second kappa shape index (κ2) is 13.3. The molecule has 1 aromatic heterocycles. The van der Waals surface area contributed by atoms with Crippen molar-refractivity contribution in [1.29, 1.82) is 0 Å². The third kappa shape index (κ3) is 6.67. The predicted molar refractivity (Wildman–Crippen MR) is 166 cm³/mol. The summed E-state index contributed by atoms with van der Waals surface area (Å²) >= 11 is 6.22. The summed E-state index contributed by atoms with van der Waals surface area (Å²) in [7, 11) is 4.42. The molecule has 6 rings (SSSR count). The van der Waals surface area contributed by atoms with Crippen LogP contribution < -0.4 is 4.90 Å². The van der Waals surface area contributed by atoms with Crippen molar-refractivity contribution in [2.24, 2.45) is 11.8 Å². The van der Waals surface area contributed by atoms with Crippen LogP contribution in [0.25, 0.3) is 0 Å². The van der Waals surface area contributed by atoms with Gasteiger partial charge in [-0.2, -0.15) is 0 Å². The van der Waals surface area contributed by atoms with E-state index in [0.29, 0.717) is 17.9 Å². The van der Waals surface area contributed by atoms with E-state index in [1.54, 1.807) is 0 Å². The summed E-state index contributed by atoms with van der Waals surface area (Å²) in [5.41, 5.74) is 3.74. The smallest absolute Gasteiger partial charge is 0.219 e. The number of halogens is 1. The standard InChI is InChI=1S/C34H45ClN4O2/c1-37(2)31(27-14-16-29(35)17-15-27)26-10-12-28(13-11-26)32(38-20-22-40-23-21-38)33-36-30(24-25-8-4-3-5-9-25)34(41-33)39-18-6-7-19-39/h3-5,8-9,14-17,26,28,31-32H,6-7,10-13,18-24H2,1-2H3. The van der Waals surface area contributed by atoms with Gasteiger partial charge in [-0.25, -0.2) is 4.98 Å². The SMILES string of the molecule is CN(C)C(c1ccc(Cl)cc1)C1CCC(C(c2nc(Cc3ccccc3)c(N3CCCC3)o2)N2CCOCC2)CC1.